The zero-order valence-electron chi connectivity index (χ0n) is 13.2. The Balaban J connectivity index is 1.79. The van der Waals surface area contributed by atoms with E-state index in [2.05, 4.69) is 53.5 Å². The molecule has 0 spiro atoms. The minimum Gasteiger partial charge on any atom is -0.319 e. The first-order valence-corrected chi connectivity index (χ1v) is 7.80. The van der Waals surface area contributed by atoms with E-state index in [-0.39, 0.29) is 0 Å². The summed E-state index contributed by atoms with van der Waals surface area (Å²) in [6, 6.07) is 9.92. The zero-order chi connectivity index (χ0) is 14.4. The van der Waals surface area contributed by atoms with Crippen LogP contribution in [0.15, 0.2) is 24.3 Å². The molecule has 0 saturated carbocycles. The topological polar surface area (TPSA) is 18.5 Å². The third-order valence-corrected chi connectivity index (χ3v) is 4.38. The van der Waals surface area contributed by atoms with Crippen molar-refractivity contribution in [3.63, 3.8) is 0 Å². The Morgan fingerprint density at radius 1 is 1.10 bits per heavy atom. The lowest BCUT2D eigenvalue weighted by atomic mass is 10.0. The van der Waals surface area contributed by atoms with Crippen molar-refractivity contribution in [2.45, 2.75) is 31.8 Å². The van der Waals surface area contributed by atoms with Crippen molar-refractivity contribution in [2.24, 2.45) is 0 Å². The van der Waals surface area contributed by atoms with Crippen molar-refractivity contribution in [3.05, 3.63) is 35.4 Å². The SMILES string of the molecule is CNCCc1ccc(CN2CCC(N(C)C)CC2)cc1. The van der Waals surface area contributed by atoms with E-state index in [4.69, 9.17) is 0 Å². The Labute approximate surface area is 124 Å². The van der Waals surface area contributed by atoms with Gasteiger partial charge in [0.1, 0.15) is 0 Å². The second kappa shape index (κ2) is 7.77. The molecule has 0 radical (unpaired) electrons. The highest BCUT2D eigenvalue weighted by Gasteiger charge is 2.20. The Bertz CT molecular complexity index is 378. The number of nitrogens with one attached hydrogen (secondary N) is 1. The van der Waals surface area contributed by atoms with E-state index in [1.165, 1.54) is 37.1 Å². The zero-order valence-corrected chi connectivity index (χ0v) is 13.2. The third-order valence-electron chi connectivity index (χ3n) is 4.38. The van der Waals surface area contributed by atoms with Gasteiger partial charge in [0.05, 0.1) is 0 Å². The van der Waals surface area contributed by atoms with Gasteiger partial charge < -0.3 is 10.2 Å². The lowest BCUT2D eigenvalue weighted by Crippen LogP contribution is -2.41. The minimum absolute atomic E-state index is 0.773. The molecule has 0 atom stereocenters. The second-order valence-electron chi connectivity index (χ2n) is 6.14. The molecule has 1 aromatic rings. The van der Waals surface area contributed by atoms with Crippen molar-refractivity contribution >= 4 is 0 Å². The number of rotatable bonds is 6. The van der Waals surface area contributed by atoms with Gasteiger partial charge in [-0.05, 0) is 71.2 Å². The van der Waals surface area contributed by atoms with Gasteiger partial charge in [0.15, 0.2) is 0 Å². The fraction of sp³-hybridized carbons (Fsp3) is 0.647. The summed E-state index contributed by atoms with van der Waals surface area (Å²) in [6.45, 7) is 4.61. The molecule has 1 aromatic carbocycles. The van der Waals surface area contributed by atoms with Crippen LogP contribution in [-0.4, -0.2) is 56.6 Å². The molecule has 0 aliphatic carbocycles. The van der Waals surface area contributed by atoms with Crippen LogP contribution in [0.25, 0.3) is 0 Å². The minimum atomic E-state index is 0.773. The predicted molar refractivity (Wildman–Crippen MR) is 86.1 cm³/mol. The van der Waals surface area contributed by atoms with Gasteiger partial charge in [-0.1, -0.05) is 24.3 Å². The Morgan fingerprint density at radius 2 is 1.70 bits per heavy atom. The highest BCUT2D eigenvalue weighted by Crippen LogP contribution is 2.17. The number of hydrogen-bond acceptors (Lipinski definition) is 3. The lowest BCUT2D eigenvalue weighted by Gasteiger charge is -2.35. The van der Waals surface area contributed by atoms with Crippen LogP contribution in [0.3, 0.4) is 0 Å². The highest BCUT2D eigenvalue weighted by molar-refractivity contribution is 5.22. The first-order valence-electron chi connectivity index (χ1n) is 7.80. The molecule has 112 valence electrons. The van der Waals surface area contributed by atoms with Crippen molar-refractivity contribution < 1.29 is 0 Å². The molecule has 2 rings (SSSR count). The van der Waals surface area contributed by atoms with Gasteiger partial charge in [-0.15, -0.1) is 0 Å². The molecule has 1 N–H and O–H groups in total. The van der Waals surface area contributed by atoms with Crippen molar-refractivity contribution in [1.29, 1.82) is 0 Å². The molecule has 0 unspecified atom stereocenters. The van der Waals surface area contributed by atoms with E-state index in [0.717, 1.165) is 25.6 Å². The van der Waals surface area contributed by atoms with Gasteiger partial charge in [-0.25, -0.2) is 0 Å². The summed E-state index contributed by atoms with van der Waals surface area (Å²) in [5.74, 6) is 0. The van der Waals surface area contributed by atoms with Crippen molar-refractivity contribution in [3.8, 4) is 0 Å². The summed E-state index contributed by atoms with van der Waals surface area (Å²) in [4.78, 5) is 4.95. The summed E-state index contributed by atoms with van der Waals surface area (Å²) >= 11 is 0. The number of likely N-dealkylation sites (N-methyl/N-ethyl adjacent to an activating group) is 1. The summed E-state index contributed by atoms with van der Waals surface area (Å²) in [6.07, 6.45) is 3.71. The number of nitrogens with zero attached hydrogens (tertiary/aromatic N) is 2. The number of piperidine rings is 1. The fourth-order valence-electron chi connectivity index (χ4n) is 2.93. The normalized spacial score (nSPS) is 17.8. The summed E-state index contributed by atoms with van der Waals surface area (Å²) in [5, 5.41) is 3.20. The smallest absolute Gasteiger partial charge is 0.0233 e. The van der Waals surface area contributed by atoms with Gasteiger partial charge >= 0.3 is 0 Å². The second-order valence-corrected chi connectivity index (χ2v) is 6.14. The lowest BCUT2D eigenvalue weighted by molar-refractivity contribution is 0.140. The van der Waals surface area contributed by atoms with Crippen LogP contribution in [0.1, 0.15) is 24.0 Å². The molecular weight excluding hydrogens is 246 g/mol. The number of likely N-dealkylation sites (tertiary alicyclic amines) is 1. The first-order chi connectivity index (χ1) is 9.69. The maximum absolute atomic E-state index is 3.20. The average molecular weight is 275 g/mol. The van der Waals surface area contributed by atoms with Gasteiger partial charge in [0, 0.05) is 12.6 Å². The van der Waals surface area contributed by atoms with E-state index >= 15 is 0 Å². The van der Waals surface area contributed by atoms with Crippen LogP contribution in [0.4, 0.5) is 0 Å². The van der Waals surface area contributed by atoms with Gasteiger partial charge in [-0.2, -0.15) is 0 Å². The molecule has 1 aliphatic rings. The molecule has 3 heteroatoms. The quantitative estimate of drug-likeness (QED) is 0.856. The molecule has 1 fully saturated rings. The predicted octanol–water partition coefficient (Wildman–Crippen LogP) is 1.97. The summed E-state index contributed by atoms with van der Waals surface area (Å²) in [5.41, 5.74) is 2.87. The molecule has 1 aliphatic heterocycles. The molecule has 0 bridgehead atoms. The van der Waals surface area contributed by atoms with Crippen LogP contribution in [0, 0.1) is 0 Å². The van der Waals surface area contributed by atoms with E-state index in [1.54, 1.807) is 0 Å². The summed E-state index contributed by atoms with van der Waals surface area (Å²) < 4.78 is 0. The molecule has 1 saturated heterocycles. The third kappa shape index (κ3) is 4.58. The van der Waals surface area contributed by atoms with E-state index in [9.17, 15) is 0 Å². The maximum Gasteiger partial charge on any atom is 0.0233 e. The number of hydrogen-bond donors (Lipinski definition) is 1. The van der Waals surface area contributed by atoms with Crippen LogP contribution < -0.4 is 5.32 Å². The van der Waals surface area contributed by atoms with Gasteiger partial charge in [-0.3, -0.25) is 4.90 Å². The van der Waals surface area contributed by atoms with E-state index in [0.29, 0.717) is 0 Å². The van der Waals surface area contributed by atoms with E-state index < -0.39 is 0 Å². The average Bonchev–Trinajstić information content (AvgIpc) is 2.47. The van der Waals surface area contributed by atoms with Crippen LogP contribution in [0.5, 0.6) is 0 Å². The Hall–Kier alpha value is -0.900. The first kappa shape index (κ1) is 15.5. The van der Waals surface area contributed by atoms with Crippen molar-refractivity contribution in [1.82, 2.24) is 15.1 Å². The maximum atomic E-state index is 3.20. The fourth-order valence-corrected chi connectivity index (χ4v) is 2.93. The van der Waals surface area contributed by atoms with Crippen LogP contribution in [-0.2, 0) is 13.0 Å². The van der Waals surface area contributed by atoms with Gasteiger partial charge in [0.25, 0.3) is 0 Å². The van der Waals surface area contributed by atoms with Crippen LogP contribution in [0.2, 0.25) is 0 Å². The molecular formula is C17H29N3. The monoisotopic (exact) mass is 275 g/mol. The Morgan fingerprint density at radius 3 is 2.25 bits per heavy atom. The number of benzene rings is 1. The Kier molecular flexibility index (Phi) is 6.02. The molecule has 0 amide bonds. The molecule has 1 heterocycles. The largest absolute Gasteiger partial charge is 0.319 e. The van der Waals surface area contributed by atoms with Gasteiger partial charge in [0.2, 0.25) is 0 Å². The van der Waals surface area contributed by atoms with E-state index in [1.807, 2.05) is 7.05 Å². The highest BCUT2D eigenvalue weighted by atomic mass is 15.2. The molecule has 3 nitrogen and oxygen atoms in total. The van der Waals surface area contributed by atoms with Crippen LogP contribution >= 0.6 is 0 Å². The van der Waals surface area contributed by atoms with Crippen molar-refractivity contribution in [2.75, 3.05) is 40.8 Å². The standard InChI is InChI=1S/C17H29N3/c1-18-11-8-15-4-6-16(7-5-15)14-20-12-9-17(10-13-20)19(2)3/h4-7,17-18H,8-14H2,1-3H3. The summed E-state index contributed by atoms with van der Waals surface area (Å²) in [7, 11) is 6.40. The molecule has 20 heavy (non-hydrogen) atoms. The molecule has 0 aromatic heterocycles.